The van der Waals surface area contributed by atoms with Gasteiger partial charge in [-0.25, -0.2) is 4.39 Å². The first kappa shape index (κ1) is 19.1. The van der Waals surface area contributed by atoms with Gasteiger partial charge in [0.25, 0.3) is 11.6 Å². The molecule has 0 unspecified atom stereocenters. The van der Waals surface area contributed by atoms with Crippen LogP contribution in [-0.4, -0.2) is 16.7 Å². The van der Waals surface area contributed by atoms with Gasteiger partial charge in [0, 0.05) is 24.7 Å². The van der Waals surface area contributed by atoms with Crippen molar-refractivity contribution >= 4 is 40.9 Å². The van der Waals surface area contributed by atoms with E-state index in [0.29, 0.717) is 5.56 Å². The molecule has 0 aliphatic rings. The molecule has 9 heteroatoms. The van der Waals surface area contributed by atoms with E-state index in [0.717, 1.165) is 6.07 Å². The van der Waals surface area contributed by atoms with Crippen LogP contribution >= 0.6 is 11.6 Å². The number of nitrogens with zero attached hydrogens (tertiary/aromatic N) is 1. The molecule has 0 aliphatic carbocycles. The fraction of sp³-hybridized carbons (Fsp3) is 0.0588. The molecule has 0 heterocycles. The average molecular weight is 378 g/mol. The van der Waals surface area contributed by atoms with Gasteiger partial charge < -0.3 is 10.6 Å². The van der Waals surface area contributed by atoms with Gasteiger partial charge in [-0.3, -0.25) is 19.7 Å². The number of halogens is 2. The van der Waals surface area contributed by atoms with Gasteiger partial charge in [0.15, 0.2) is 0 Å². The van der Waals surface area contributed by atoms with Gasteiger partial charge in [0.2, 0.25) is 5.91 Å². The minimum Gasteiger partial charge on any atom is -0.322 e. The number of nitro groups is 1. The van der Waals surface area contributed by atoms with E-state index in [9.17, 15) is 24.1 Å². The molecule has 0 radical (unpaired) electrons. The van der Waals surface area contributed by atoms with Crippen LogP contribution in [0.1, 0.15) is 12.5 Å². The van der Waals surface area contributed by atoms with Crippen molar-refractivity contribution in [2.24, 2.45) is 0 Å². The highest BCUT2D eigenvalue weighted by Crippen LogP contribution is 2.20. The highest BCUT2D eigenvalue weighted by atomic mass is 35.5. The van der Waals surface area contributed by atoms with Crippen molar-refractivity contribution in [3.8, 4) is 0 Å². The van der Waals surface area contributed by atoms with E-state index in [4.69, 9.17) is 11.6 Å². The number of rotatable bonds is 5. The van der Waals surface area contributed by atoms with Crippen LogP contribution < -0.4 is 10.6 Å². The van der Waals surface area contributed by atoms with Crippen molar-refractivity contribution in [3.05, 3.63) is 74.7 Å². The van der Waals surface area contributed by atoms with Crippen molar-refractivity contribution in [1.82, 2.24) is 5.32 Å². The van der Waals surface area contributed by atoms with E-state index in [1.807, 2.05) is 0 Å². The average Bonchev–Trinajstić information content (AvgIpc) is 2.57. The number of nitro benzene ring substituents is 1. The third kappa shape index (κ3) is 5.12. The molecule has 0 atom stereocenters. The molecular formula is C17H13ClFN3O4. The highest BCUT2D eigenvalue weighted by Gasteiger charge is 2.14. The molecule has 2 amide bonds. The van der Waals surface area contributed by atoms with Crippen LogP contribution in [0.3, 0.4) is 0 Å². The van der Waals surface area contributed by atoms with Crippen LogP contribution in [0, 0.1) is 15.9 Å². The Morgan fingerprint density at radius 2 is 1.96 bits per heavy atom. The molecule has 0 aromatic heterocycles. The number of nitrogens with one attached hydrogen (secondary N) is 2. The Bertz CT molecular complexity index is 915. The molecule has 26 heavy (non-hydrogen) atoms. The van der Waals surface area contributed by atoms with E-state index in [2.05, 4.69) is 10.6 Å². The number of anilines is 1. The van der Waals surface area contributed by atoms with Crippen molar-refractivity contribution in [3.63, 3.8) is 0 Å². The zero-order chi connectivity index (χ0) is 19.3. The van der Waals surface area contributed by atoms with Crippen LogP contribution in [0.2, 0.25) is 5.02 Å². The third-order valence-corrected chi connectivity index (χ3v) is 3.41. The lowest BCUT2D eigenvalue weighted by Crippen LogP contribution is -2.29. The molecule has 2 N–H and O–H groups in total. The van der Waals surface area contributed by atoms with E-state index in [1.54, 1.807) is 0 Å². The summed E-state index contributed by atoms with van der Waals surface area (Å²) < 4.78 is 13.2. The van der Waals surface area contributed by atoms with Gasteiger partial charge in [-0.15, -0.1) is 0 Å². The Hall–Kier alpha value is -3.26. The number of hydrogen-bond acceptors (Lipinski definition) is 4. The second-order valence-electron chi connectivity index (χ2n) is 5.17. The van der Waals surface area contributed by atoms with Gasteiger partial charge in [-0.05, 0) is 29.8 Å². The Labute approximate surface area is 152 Å². The Morgan fingerprint density at radius 3 is 2.58 bits per heavy atom. The van der Waals surface area contributed by atoms with Gasteiger partial charge in [-0.2, -0.15) is 0 Å². The predicted octanol–water partition coefficient (Wildman–Crippen LogP) is 3.50. The number of benzene rings is 2. The summed E-state index contributed by atoms with van der Waals surface area (Å²) in [7, 11) is 0. The number of hydrogen-bond donors (Lipinski definition) is 2. The number of carbonyl (C=O) groups is 2. The van der Waals surface area contributed by atoms with Crippen LogP contribution in [-0.2, 0) is 9.59 Å². The lowest BCUT2D eigenvalue weighted by atomic mass is 10.1. The first-order valence-electron chi connectivity index (χ1n) is 7.26. The van der Waals surface area contributed by atoms with Crippen molar-refractivity contribution in [1.29, 1.82) is 0 Å². The zero-order valence-electron chi connectivity index (χ0n) is 13.5. The Kier molecular flexibility index (Phi) is 6.03. The predicted molar refractivity (Wildman–Crippen MR) is 94.9 cm³/mol. The third-order valence-electron chi connectivity index (χ3n) is 3.12. The minimum absolute atomic E-state index is 0.140. The normalized spacial score (nSPS) is 11.0. The summed E-state index contributed by atoms with van der Waals surface area (Å²) >= 11 is 5.66. The monoisotopic (exact) mass is 377 g/mol. The molecule has 2 aromatic rings. The summed E-state index contributed by atoms with van der Waals surface area (Å²) in [6.07, 6.45) is 1.29. The lowest BCUT2D eigenvalue weighted by Gasteiger charge is -2.10. The molecule has 134 valence electrons. The van der Waals surface area contributed by atoms with Crippen molar-refractivity contribution in [2.45, 2.75) is 6.92 Å². The maximum absolute atomic E-state index is 13.2. The molecular weight excluding hydrogens is 365 g/mol. The van der Waals surface area contributed by atoms with Gasteiger partial charge in [0.1, 0.15) is 11.5 Å². The summed E-state index contributed by atoms with van der Waals surface area (Å²) in [5.74, 6) is -1.85. The molecule has 0 fully saturated rings. The SMILES string of the molecule is CC(=O)NC(=Cc1cccc([N+](=O)[O-])c1)C(=O)Nc1ccc(F)c(Cl)c1. The summed E-state index contributed by atoms with van der Waals surface area (Å²) in [4.78, 5) is 34.0. The second-order valence-corrected chi connectivity index (χ2v) is 5.58. The summed E-state index contributed by atoms with van der Waals surface area (Å²) in [6, 6.07) is 9.15. The van der Waals surface area contributed by atoms with E-state index < -0.39 is 22.6 Å². The quantitative estimate of drug-likeness (QED) is 0.473. The molecule has 2 aromatic carbocycles. The largest absolute Gasteiger partial charge is 0.322 e. The van der Waals surface area contributed by atoms with Crippen LogP contribution in [0.25, 0.3) is 6.08 Å². The minimum atomic E-state index is -0.700. The fourth-order valence-corrected chi connectivity index (χ4v) is 2.20. The van der Waals surface area contributed by atoms with Gasteiger partial charge in [-0.1, -0.05) is 23.7 Å². The number of amides is 2. The molecule has 2 rings (SSSR count). The van der Waals surface area contributed by atoms with Crippen molar-refractivity contribution in [2.75, 3.05) is 5.32 Å². The van der Waals surface area contributed by atoms with Crippen molar-refractivity contribution < 1.29 is 18.9 Å². The second kappa shape index (κ2) is 8.21. The molecule has 7 nitrogen and oxygen atoms in total. The van der Waals surface area contributed by atoms with Crippen LogP contribution in [0.5, 0.6) is 0 Å². The summed E-state index contributed by atoms with van der Waals surface area (Å²) in [5.41, 5.74) is 0.261. The first-order valence-corrected chi connectivity index (χ1v) is 7.64. The first-order chi connectivity index (χ1) is 12.3. The van der Waals surface area contributed by atoms with Gasteiger partial charge in [0.05, 0.1) is 9.95 Å². The van der Waals surface area contributed by atoms with Gasteiger partial charge >= 0.3 is 0 Å². The smallest absolute Gasteiger partial charge is 0.272 e. The standard InChI is InChI=1S/C17H13ClFN3O4/c1-10(23)20-16(8-11-3-2-4-13(7-11)22(25)26)17(24)21-12-5-6-15(19)14(18)9-12/h2-9H,1H3,(H,20,23)(H,21,24). The van der Waals surface area contributed by atoms with E-state index in [1.165, 1.54) is 49.4 Å². The highest BCUT2D eigenvalue weighted by molar-refractivity contribution is 6.31. The Morgan fingerprint density at radius 1 is 1.23 bits per heavy atom. The number of non-ortho nitro benzene ring substituents is 1. The fourth-order valence-electron chi connectivity index (χ4n) is 2.02. The number of carbonyl (C=O) groups excluding carboxylic acids is 2. The molecule has 0 bridgehead atoms. The lowest BCUT2D eigenvalue weighted by molar-refractivity contribution is -0.384. The molecule has 0 spiro atoms. The van der Waals surface area contributed by atoms with E-state index >= 15 is 0 Å². The zero-order valence-corrected chi connectivity index (χ0v) is 14.2. The molecule has 0 saturated heterocycles. The summed E-state index contributed by atoms with van der Waals surface area (Å²) in [6.45, 7) is 1.21. The Balaban J connectivity index is 2.32. The van der Waals surface area contributed by atoms with E-state index in [-0.39, 0.29) is 22.1 Å². The molecule has 0 aliphatic heterocycles. The van der Waals surface area contributed by atoms with Crippen LogP contribution in [0.4, 0.5) is 15.8 Å². The van der Waals surface area contributed by atoms with Crippen LogP contribution in [0.15, 0.2) is 48.2 Å². The molecule has 0 saturated carbocycles. The summed E-state index contributed by atoms with van der Waals surface area (Å²) in [5, 5.41) is 15.5. The maximum Gasteiger partial charge on any atom is 0.272 e. The topological polar surface area (TPSA) is 101 Å². The maximum atomic E-state index is 13.2.